The SMILES string of the molecule is Cn1c(SCC(=O)c2ccccc2)nnc1C1CCS(=O)(=O)C1. The molecule has 1 aliphatic heterocycles. The van der Waals surface area contributed by atoms with Gasteiger partial charge in [0.2, 0.25) is 0 Å². The third kappa shape index (κ3) is 3.64. The summed E-state index contributed by atoms with van der Waals surface area (Å²) in [6, 6.07) is 9.11. The maximum Gasteiger partial charge on any atom is 0.191 e. The average molecular weight is 351 g/mol. The summed E-state index contributed by atoms with van der Waals surface area (Å²) in [5, 5.41) is 8.87. The first-order valence-electron chi connectivity index (χ1n) is 7.27. The minimum absolute atomic E-state index is 0.0311. The lowest BCUT2D eigenvalue weighted by atomic mass is 10.1. The first-order chi connectivity index (χ1) is 11.0. The van der Waals surface area contributed by atoms with Gasteiger partial charge in [0, 0.05) is 18.5 Å². The molecule has 0 radical (unpaired) electrons. The zero-order valence-electron chi connectivity index (χ0n) is 12.7. The van der Waals surface area contributed by atoms with Gasteiger partial charge in [-0.15, -0.1) is 10.2 Å². The van der Waals surface area contributed by atoms with Gasteiger partial charge in [-0.25, -0.2) is 8.42 Å². The van der Waals surface area contributed by atoms with E-state index in [1.807, 2.05) is 25.2 Å². The maximum atomic E-state index is 12.1. The molecule has 1 atom stereocenters. The lowest BCUT2D eigenvalue weighted by Gasteiger charge is -2.07. The van der Waals surface area contributed by atoms with Crippen LogP contribution in [0.15, 0.2) is 35.5 Å². The summed E-state index contributed by atoms with van der Waals surface area (Å²) in [6.07, 6.45) is 0.585. The van der Waals surface area contributed by atoms with Crippen molar-refractivity contribution in [3.05, 3.63) is 41.7 Å². The van der Waals surface area contributed by atoms with Crippen LogP contribution in [-0.2, 0) is 16.9 Å². The van der Waals surface area contributed by atoms with Crippen LogP contribution in [0.25, 0.3) is 0 Å². The molecule has 1 aliphatic rings. The molecule has 2 heterocycles. The molecule has 0 N–H and O–H groups in total. The number of Topliss-reactive ketones (excluding diaryl/α,β-unsaturated/α-hetero) is 1. The van der Waals surface area contributed by atoms with Crippen molar-refractivity contribution in [2.45, 2.75) is 17.5 Å². The minimum atomic E-state index is -2.95. The predicted molar refractivity (Wildman–Crippen MR) is 88.5 cm³/mol. The molecule has 2 aromatic rings. The number of nitrogens with zero attached hydrogens (tertiary/aromatic N) is 3. The van der Waals surface area contributed by atoms with Gasteiger partial charge in [0.15, 0.2) is 20.8 Å². The van der Waals surface area contributed by atoms with Gasteiger partial charge in [0.05, 0.1) is 17.3 Å². The first-order valence-corrected chi connectivity index (χ1v) is 10.1. The molecule has 0 saturated carbocycles. The number of ketones is 1. The monoisotopic (exact) mass is 351 g/mol. The molecule has 1 aromatic heterocycles. The van der Waals surface area contributed by atoms with E-state index >= 15 is 0 Å². The number of benzene rings is 1. The number of carbonyl (C=O) groups is 1. The molecule has 8 heteroatoms. The quantitative estimate of drug-likeness (QED) is 0.602. The van der Waals surface area contributed by atoms with Crippen LogP contribution in [0.4, 0.5) is 0 Å². The Morgan fingerprint density at radius 1 is 1.30 bits per heavy atom. The Hall–Kier alpha value is -1.67. The van der Waals surface area contributed by atoms with Crippen LogP contribution in [0.1, 0.15) is 28.5 Å². The molecule has 1 saturated heterocycles. The van der Waals surface area contributed by atoms with Crippen LogP contribution in [0.3, 0.4) is 0 Å². The molecule has 1 aromatic carbocycles. The fourth-order valence-corrected chi connectivity index (χ4v) is 5.20. The molecule has 1 fully saturated rings. The Balaban J connectivity index is 1.67. The summed E-state index contributed by atoms with van der Waals surface area (Å²) >= 11 is 1.32. The van der Waals surface area contributed by atoms with Crippen molar-refractivity contribution in [3.8, 4) is 0 Å². The Bertz CT molecular complexity index is 816. The zero-order valence-corrected chi connectivity index (χ0v) is 14.3. The molecule has 23 heavy (non-hydrogen) atoms. The maximum absolute atomic E-state index is 12.1. The Morgan fingerprint density at radius 2 is 2.04 bits per heavy atom. The Morgan fingerprint density at radius 3 is 2.70 bits per heavy atom. The van der Waals surface area contributed by atoms with Crippen LogP contribution >= 0.6 is 11.8 Å². The highest BCUT2D eigenvalue weighted by atomic mass is 32.2. The number of sulfone groups is 1. The van der Waals surface area contributed by atoms with Crippen LogP contribution in [-0.4, -0.2) is 46.2 Å². The number of aromatic nitrogens is 3. The number of thioether (sulfide) groups is 1. The highest BCUT2D eigenvalue weighted by Crippen LogP contribution is 2.29. The van der Waals surface area contributed by atoms with Gasteiger partial charge in [0.25, 0.3) is 0 Å². The molecule has 1 unspecified atom stereocenters. The van der Waals surface area contributed by atoms with Gasteiger partial charge in [-0.1, -0.05) is 42.1 Å². The van der Waals surface area contributed by atoms with Crippen molar-refractivity contribution in [1.29, 1.82) is 0 Å². The molecular weight excluding hydrogens is 334 g/mol. The highest BCUT2D eigenvalue weighted by molar-refractivity contribution is 7.99. The number of hydrogen-bond donors (Lipinski definition) is 0. The highest BCUT2D eigenvalue weighted by Gasteiger charge is 2.32. The smallest absolute Gasteiger partial charge is 0.191 e. The average Bonchev–Trinajstić information content (AvgIpc) is 3.08. The van der Waals surface area contributed by atoms with Crippen LogP contribution < -0.4 is 0 Å². The number of carbonyl (C=O) groups excluding carboxylic acids is 1. The Kier molecular flexibility index (Phi) is 4.54. The normalized spacial score (nSPS) is 19.8. The van der Waals surface area contributed by atoms with E-state index in [0.717, 1.165) is 0 Å². The van der Waals surface area contributed by atoms with E-state index in [0.29, 0.717) is 23.0 Å². The molecule has 122 valence electrons. The Labute approximate surface area is 139 Å². The van der Waals surface area contributed by atoms with E-state index in [9.17, 15) is 13.2 Å². The summed E-state index contributed by atoms with van der Waals surface area (Å²) in [4.78, 5) is 12.1. The van der Waals surface area contributed by atoms with Gasteiger partial charge in [-0.3, -0.25) is 4.79 Å². The van der Waals surface area contributed by atoms with Crippen molar-refractivity contribution in [2.75, 3.05) is 17.3 Å². The van der Waals surface area contributed by atoms with Crippen molar-refractivity contribution in [3.63, 3.8) is 0 Å². The topological polar surface area (TPSA) is 81.9 Å². The molecule has 0 amide bonds. The van der Waals surface area contributed by atoms with Gasteiger partial charge in [0.1, 0.15) is 5.82 Å². The van der Waals surface area contributed by atoms with Gasteiger partial charge >= 0.3 is 0 Å². The molecule has 6 nitrogen and oxygen atoms in total. The summed E-state index contributed by atoms with van der Waals surface area (Å²) in [6.45, 7) is 0. The molecule has 0 aliphatic carbocycles. The largest absolute Gasteiger partial charge is 0.309 e. The second kappa shape index (κ2) is 6.45. The van der Waals surface area contributed by atoms with Crippen molar-refractivity contribution >= 4 is 27.4 Å². The van der Waals surface area contributed by atoms with Crippen molar-refractivity contribution in [1.82, 2.24) is 14.8 Å². The first kappa shape index (κ1) is 16.2. The van der Waals surface area contributed by atoms with Crippen LogP contribution in [0.5, 0.6) is 0 Å². The van der Waals surface area contributed by atoms with E-state index < -0.39 is 9.84 Å². The van der Waals surface area contributed by atoms with Gasteiger partial charge in [-0.05, 0) is 6.42 Å². The zero-order chi connectivity index (χ0) is 16.4. The number of hydrogen-bond acceptors (Lipinski definition) is 6. The van der Waals surface area contributed by atoms with E-state index in [1.54, 1.807) is 16.7 Å². The van der Waals surface area contributed by atoms with Gasteiger partial charge < -0.3 is 4.57 Å². The molecule has 0 spiro atoms. The summed E-state index contributed by atoms with van der Waals surface area (Å²) in [5.41, 5.74) is 0.671. The third-order valence-electron chi connectivity index (χ3n) is 3.89. The lowest BCUT2D eigenvalue weighted by Crippen LogP contribution is -2.09. The van der Waals surface area contributed by atoms with Crippen LogP contribution in [0, 0.1) is 0 Å². The predicted octanol–water partition coefficient (Wildman–Crippen LogP) is 1.69. The number of rotatable bonds is 5. The fraction of sp³-hybridized carbons (Fsp3) is 0.400. The van der Waals surface area contributed by atoms with E-state index in [-0.39, 0.29) is 29.0 Å². The molecular formula is C15H17N3O3S2. The van der Waals surface area contributed by atoms with Crippen molar-refractivity contribution in [2.24, 2.45) is 7.05 Å². The molecule has 0 bridgehead atoms. The summed E-state index contributed by atoms with van der Waals surface area (Å²) < 4.78 is 25.0. The standard InChI is InChI=1S/C15H17N3O3S2/c1-18-14(12-7-8-23(20,21)10-12)16-17-15(18)22-9-13(19)11-5-3-2-4-6-11/h2-6,12H,7-10H2,1H3. The second-order valence-electron chi connectivity index (χ2n) is 5.58. The van der Waals surface area contributed by atoms with E-state index in [4.69, 9.17) is 0 Å². The second-order valence-corrected chi connectivity index (χ2v) is 8.75. The third-order valence-corrected chi connectivity index (χ3v) is 6.68. The fourth-order valence-electron chi connectivity index (χ4n) is 2.64. The lowest BCUT2D eigenvalue weighted by molar-refractivity contribution is 0.102. The summed E-state index contributed by atoms with van der Waals surface area (Å²) in [7, 11) is -1.14. The van der Waals surface area contributed by atoms with Crippen molar-refractivity contribution < 1.29 is 13.2 Å². The van der Waals surface area contributed by atoms with Gasteiger partial charge in [-0.2, -0.15) is 0 Å². The summed E-state index contributed by atoms with van der Waals surface area (Å²) in [5.74, 6) is 1.23. The van der Waals surface area contributed by atoms with E-state index in [1.165, 1.54) is 11.8 Å². The van der Waals surface area contributed by atoms with E-state index in [2.05, 4.69) is 10.2 Å². The molecule has 3 rings (SSSR count). The van der Waals surface area contributed by atoms with Crippen LogP contribution in [0.2, 0.25) is 0 Å². The minimum Gasteiger partial charge on any atom is -0.309 e.